The van der Waals surface area contributed by atoms with E-state index in [1.807, 2.05) is 105 Å². The van der Waals surface area contributed by atoms with E-state index in [-0.39, 0.29) is 56.2 Å². The van der Waals surface area contributed by atoms with E-state index in [9.17, 15) is 14.4 Å². The maximum Gasteiger partial charge on any atom is 0.260 e. The van der Waals surface area contributed by atoms with Crippen LogP contribution in [0.1, 0.15) is 82.6 Å². The second kappa shape index (κ2) is 23.5. The largest absolute Gasteiger partial charge is 0.493 e. The fourth-order valence-electron chi connectivity index (χ4n) is 10.6. The van der Waals surface area contributed by atoms with Crippen LogP contribution in [0.25, 0.3) is 0 Å². The minimum atomic E-state index is -0.0571. The van der Waals surface area contributed by atoms with Crippen LogP contribution in [0.4, 0.5) is 28.4 Å². The average molecular weight is 996 g/mol. The molecule has 0 spiro atoms. The fraction of sp³-hybridized carbons (Fsp3) is 0.441. The molecule has 2 atom stereocenters. The predicted octanol–water partition coefficient (Wildman–Crippen LogP) is 9.33. The summed E-state index contributed by atoms with van der Waals surface area (Å²) in [5, 5.41) is 0. The molecule has 4 aliphatic heterocycles. The van der Waals surface area contributed by atoms with E-state index in [2.05, 4.69) is 45.0 Å². The van der Waals surface area contributed by atoms with Crippen LogP contribution in [0.5, 0.6) is 17.2 Å². The minimum Gasteiger partial charge on any atom is -0.493 e. The first-order chi connectivity index (χ1) is 34.9. The fourth-order valence-corrected chi connectivity index (χ4v) is 10.6. The Balaban J connectivity index is 0.00000711. The molecule has 73 heavy (non-hydrogen) atoms. The summed E-state index contributed by atoms with van der Waals surface area (Å²) in [5.41, 5.74) is 10.8. The van der Waals surface area contributed by atoms with Crippen molar-refractivity contribution in [2.75, 3.05) is 112 Å². The van der Waals surface area contributed by atoms with E-state index in [0.29, 0.717) is 100 Å². The zero-order chi connectivity index (χ0) is 50.5. The Bertz CT molecular complexity index is 2780. The molecule has 0 saturated heterocycles. The summed E-state index contributed by atoms with van der Waals surface area (Å²) >= 11 is 0. The van der Waals surface area contributed by atoms with Gasteiger partial charge in [0.15, 0.2) is 11.5 Å². The first kappa shape index (κ1) is 52.7. The van der Waals surface area contributed by atoms with E-state index in [0.717, 1.165) is 58.0 Å². The van der Waals surface area contributed by atoms with Crippen molar-refractivity contribution in [3.63, 3.8) is 0 Å². The molecule has 388 valence electrons. The van der Waals surface area contributed by atoms with Crippen LogP contribution in [-0.4, -0.2) is 117 Å². The molecule has 0 saturated carbocycles. The van der Waals surface area contributed by atoms with Gasteiger partial charge >= 0.3 is 0 Å². The summed E-state index contributed by atoms with van der Waals surface area (Å²) in [5.74, 6) is 1.83. The molecule has 5 aromatic carbocycles. The van der Waals surface area contributed by atoms with E-state index >= 15 is 0 Å². The Morgan fingerprint density at radius 2 is 1.18 bits per heavy atom. The normalized spacial score (nSPS) is 16.4. The summed E-state index contributed by atoms with van der Waals surface area (Å²) in [6, 6.07) is 30.4. The molecule has 0 radical (unpaired) electrons. The highest BCUT2D eigenvalue weighted by atomic mass is 16.5. The lowest BCUT2D eigenvalue weighted by Gasteiger charge is -2.27. The second-order valence-corrected chi connectivity index (χ2v) is 19.8. The number of rotatable bonds is 22. The van der Waals surface area contributed by atoms with Crippen molar-refractivity contribution in [2.45, 2.75) is 79.2 Å². The summed E-state index contributed by atoms with van der Waals surface area (Å²) in [6.07, 6.45) is 2.76. The number of amides is 2. The van der Waals surface area contributed by atoms with Gasteiger partial charge in [-0.3, -0.25) is 14.4 Å². The number of likely N-dealkylation sites (N-methyl/N-ethyl adjacent to an activating group) is 2. The molecular formula is C59H73N5O9. The van der Waals surface area contributed by atoms with Crippen LogP contribution < -0.4 is 38.7 Å². The lowest BCUT2D eigenvalue weighted by Crippen LogP contribution is -2.41. The molecule has 9 rings (SSSR count). The van der Waals surface area contributed by atoms with Gasteiger partial charge in [-0.15, -0.1) is 0 Å². The quantitative estimate of drug-likeness (QED) is 0.0615. The number of benzene rings is 5. The first-order valence-corrected chi connectivity index (χ1v) is 25.3. The Labute approximate surface area is 431 Å². The highest BCUT2D eigenvalue weighted by molar-refractivity contribution is 6.13. The number of ketones is 1. The number of Topliss-reactive ketones (excluding diaryl/α,β-unsaturated/α-hetero) is 1. The van der Waals surface area contributed by atoms with Crippen molar-refractivity contribution >= 4 is 46.0 Å². The standard InChI is InChI=1S/C58H69N5O9.CH4/c1-38(2)53(64)17-12-18-61(19-20-69-23-24-70-22-21-67-6)44-27-40(36-71-54-32-51-47(25-39(54)3)57(65)62-45(34-59(51)4)29-42-13-8-10-15-49(42)62)26-41(28-44)37-72-56-33-52-48(31-55(56)68-7)58(66)63-46(35-60(52)5)30-43-14-9-11-16-50(43)63;/h8-11,13-16,25-28,31-33,38,45-46H,12,17-24,29-30,34-37H2,1-7H3;1H4/t45-,46-;/m0./s1. The number of hydrogen-bond donors (Lipinski definition) is 0. The maximum atomic E-state index is 14.3. The number of hydrogen-bond acceptors (Lipinski definition) is 12. The van der Waals surface area contributed by atoms with E-state index in [1.54, 1.807) is 14.2 Å². The number of ether oxygens (including phenoxy) is 6. The number of carbonyl (C=O) groups excluding carboxylic acids is 3. The zero-order valence-electron chi connectivity index (χ0n) is 42.9. The van der Waals surface area contributed by atoms with Crippen molar-refractivity contribution in [3.8, 4) is 17.2 Å². The molecule has 0 bridgehead atoms. The molecule has 2 amide bonds. The van der Waals surface area contributed by atoms with Crippen molar-refractivity contribution in [1.29, 1.82) is 0 Å². The number of aryl methyl sites for hydroxylation is 1. The number of nitrogens with zero attached hydrogens (tertiary/aromatic N) is 5. The SMILES string of the molecule is C.COCCOCCOCCN(CCCC(=O)C(C)C)c1cc(COc2cc3c(cc2C)C(=O)N2c4ccccc4C[C@H]2CN3C)cc(COc2cc3c(cc2OC)C(=O)N2c4ccccc4C[C@H]2CN3C)c1. The lowest BCUT2D eigenvalue weighted by atomic mass is 10.0. The van der Waals surface area contributed by atoms with E-state index in [1.165, 1.54) is 11.1 Å². The molecule has 0 unspecified atom stereocenters. The third kappa shape index (κ3) is 11.5. The minimum absolute atomic E-state index is 0. The maximum absolute atomic E-state index is 14.3. The van der Waals surface area contributed by atoms with Gasteiger partial charge in [0.25, 0.3) is 11.8 Å². The van der Waals surface area contributed by atoms with Gasteiger partial charge in [-0.25, -0.2) is 0 Å². The number of para-hydroxylation sites is 2. The highest BCUT2D eigenvalue weighted by Crippen LogP contribution is 2.43. The molecule has 0 N–H and O–H groups in total. The van der Waals surface area contributed by atoms with Gasteiger partial charge in [-0.05, 0) is 96.5 Å². The Morgan fingerprint density at radius 1 is 0.644 bits per heavy atom. The lowest BCUT2D eigenvalue weighted by molar-refractivity contribution is -0.121. The summed E-state index contributed by atoms with van der Waals surface area (Å²) in [6.45, 7) is 11.3. The van der Waals surface area contributed by atoms with Crippen molar-refractivity contribution in [2.24, 2.45) is 5.92 Å². The van der Waals surface area contributed by atoms with Crippen molar-refractivity contribution in [1.82, 2.24) is 0 Å². The van der Waals surface area contributed by atoms with Crippen LogP contribution in [0.3, 0.4) is 0 Å². The molecule has 14 heteroatoms. The number of anilines is 5. The number of carbonyl (C=O) groups is 3. The van der Waals surface area contributed by atoms with Crippen molar-refractivity contribution < 1.29 is 42.8 Å². The molecule has 4 heterocycles. The van der Waals surface area contributed by atoms with Crippen LogP contribution in [-0.2, 0) is 45.1 Å². The molecular weight excluding hydrogens is 923 g/mol. The molecule has 5 aromatic rings. The van der Waals surface area contributed by atoms with Gasteiger partial charge < -0.3 is 52.9 Å². The number of fused-ring (bicyclic) bond motifs is 8. The van der Waals surface area contributed by atoms with Gasteiger partial charge in [-0.2, -0.15) is 0 Å². The number of methoxy groups -OCH3 is 2. The summed E-state index contributed by atoms with van der Waals surface area (Å²) in [4.78, 5) is 52.0. The van der Waals surface area contributed by atoms with Crippen molar-refractivity contribution in [3.05, 3.63) is 130 Å². The van der Waals surface area contributed by atoms with Crippen LogP contribution in [0, 0.1) is 12.8 Å². The molecule has 0 fully saturated rings. The highest BCUT2D eigenvalue weighted by Gasteiger charge is 2.41. The second-order valence-electron chi connectivity index (χ2n) is 19.8. The van der Waals surface area contributed by atoms with Gasteiger partial charge in [0.2, 0.25) is 0 Å². The van der Waals surface area contributed by atoms with Gasteiger partial charge in [0.05, 0.1) is 74.7 Å². The molecule has 0 aromatic heterocycles. The van der Waals surface area contributed by atoms with E-state index < -0.39 is 0 Å². The average Bonchev–Trinajstić information content (AvgIpc) is 3.88. The van der Waals surface area contributed by atoms with E-state index in [4.69, 9.17) is 28.4 Å². The summed E-state index contributed by atoms with van der Waals surface area (Å²) < 4.78 is 36.2. The van der Waals surface area contributed by atoms with Crippen LogP contribution in [0.15, 0.2) is 91.0 Å². The topological polar surface area (TPSA) is 123 Å². The third-order valence-corrected chi connectivity index (χ3v) is 14.4. The Hall–Kier alpha value is -6.61. The molecule has 4 aliphatic rings. The molecule has 0 aliphatic carbocycles. The first-order valence-electron chi connectivity index (χ1n) is 25.3. The zero-order valence-corrected chi connectivity index (χ0v) is 42.9. The summed E-state index contributed by atoms with van der Waals surface area (Å²) in [7, 11) is 7.32. The third-order valence-electron chi connectivity index (χ3n) is 14.4. The van der Waals surface area contributed by atoms with Crippen LogP contribution in [0.2, 0.25) is 0 Å². The van der Waals surface area contributed by atoms with Gasteiger partial charge in [-0.1, -0.05) is 57.7 Å². The Morgan fingerprint density at radius 3 is 1.75 bits per heavy atom. The predicted molar refractivity (Wildman–Crippen MR) is 289 cm³/mol. The molecule has 14 nitrogen and oxygen atoms in total. The monoisotopic (exact) mass is 996 g/mol. The Kier molecular flexibility index (Phi) is 17.0. The smallest absolute Gasteiger partial charge is 0.260 e. The van der Waals surface area contributed by atoms with Gasteiger partial charge in [0.1, 0.15) is 24.7 Å². The van der Waals surface area contributed by atoms with Gasteiger partial charge in [0, 0.05) is 88.9 Å². The van der Waals surface area contributed by atoms with Crippen LogP contribution >= 0.6 is 0 Å².